The Labute approximate surface area is 96.2 Å². The van der Waals surface area contributed by atoms with Crippen LogP contribution in [0.1, 0.15) is 12.1 Å². The van der Waals surface area contributed by atoms with Gasteiger partial charge in [-0.3, -0.25) is 0 Å². The molecule has 1 N–H and O–H groups in total. The number of anilines is 1. The molecule has 84 valence electrons. The predicted octanol–water partition coefficient (Wildman–Crippen LogP) is 3.87. The van der Waals surface area contributed by atoms with Gasteiger partial charge < -0.3 is 5.32 Å². The summed E-state index contributed by atoms with van der Waals surface area (Å²) in [5.41, 5.74) is 0.721. The van der Waals surface area contributed by atoms with E-state index in [9.17, 15) is 8.78 Å². The van der Waals surface area contributed by atoms with Crippen molar-refractivity contribution >= 4 is 28.2 Å². The van der Waals surface area contributed by atoms with Crippen LogP contribution in [0.2, 0.25) is 5.02 Å². The monoisotopic (exact) mass is 242 g/mol. The molecule has 0 fully saturated rings. The van der Waals surface area contributed by atoms with Gasteiger partial charge in [0.05, 0.1) is 10.5 Å². The molecule has 16 heavy (non-hydrogen) atoms. The number of hydrogen-bond donors (Lipinski definition) is 1. The number of aromatic nitrogens is 1. The first-order valence-corrected chi connectivity index (χ1v) is 5.06. The van der Waals surface area contributed by atoms with E-state index >= 15 is 0 Å². The summed E-state index contributed by atoms with van der Waals surface area (Å²) in [6, 6.07) is 6.51. The van der Waals surface area contributed by atoms with E-state index in [2.05, 4.69) is 10.3 Å². The minimum absolute atomic E-state index is 0.273. The lowest BCUT2D eigenvalue weighted by Gasteiger charge is -2.09. The van der Waals surface area contributed by atoms with Crippen LogP contribution >= 0.6 is 11.6 Å². The van der Waals surface area contributed by atoms with Gasteiger partial charge >= 0.3 is 0 Å². The van der Waals surface area contributed by atoms with Crippen molar-refractivity contribution in [2.75, 3.05) is 12.4 Å². The Morgan fingerprint density at radius 1 is 1.38 bits per heavy atom. The molecule has 1 aromatic heterocycles. The molecule has 5 heteroatoms. The molecule has 0 aliphatic rings. The van der Waals surface area contributed by atoms with Crippen LogP contribution < -0.4 is 5.32 Å². The third-order valence-electron chi connectivity index (χ3n) is 2.30. The highest BCUT2D eigenvalue weighted by Crippen LogP contribution is 2.30. The standard InChI is InChI=1S/C11H9ClF2N2/c1-15-8-5-9(11(13)14)16-10-6(8)3-2-4-7(10)12/h2-5,11H,1H3,(H,15,16). The second kappa shape index (κ2) is 4.22. The predicted molar refractivity (Wildman–Crippen MR) is 61.3 cm³/mol. The Balaban J connectivity index is 2.79. The highest BCUT2D eigenvalue weighted by molar-refractivity contribution is 6.35. The van der Waals surface area contributed by atoms with Gasteiger partial charge in [-0.15, -0.1) is 0 Å². The van der Waals surface area contributed by atoms with Gasteiger partial charge in [0, 0.05) is 18.1 Å². The number of halogens is 3. The molecule has 0 aliphatic carbocycles. The van der Waals surface area contributed by atoms with Gasteiger partial charge in [-0.05, 0) is 12.1 Å². The summed E-state index contributed by atoms with van der Waals surface area (Å²) in [6.07, 6.45) is -2.60. The van der Waals surface area contributed by atoms with Gasteiger partial charge in [-0.1, -0.05) is 23.7 Å². The van der Waals surface area contributed by atoms with Crippen molar-refractivity contribution in [2.24, 2.45) is 0 Å². The molecule has 2 aromatic rings. The molecule has 0 unspecified atom stereocenters. The number of alkyl halides is 2. The van der Waals surface area contributed by atoms with E-state index in [1.807, 2.05) is 0 Å². The minimum Gasteiger partial charge on any atom is -0.388 e. The zero-order valence-electron chi connectivity index (χ0n) is 8.47. The summed E-state index contributed by atoms with van der Waals surface area (Å²) >= 11 is 5.93. The van der Waals surface area contributed by atoms with Crippen LogP contribution in [0.3, 0.4) is 0 Å². The van der Waals surface area contributed by atoms with E-state index in [-0.39, 0.29) is 5.69 Å². The van der Waals surface area contributed by atoms with E-state index < -0.39 is 6.43 Å². The third kappa shape index (κ3) is 1.80. The molecule has 0 bridgehead atoms. The summed E-state index contributed by atoms with van der Waals surface area (Å²) in [5.74, 6) is 0. The molecular formula is C11H9ClF2N2. The first kappa shape index (κ1) is 11.1. The molecule has 0 saturated heterocycles. The number of pyridine rings is 1. The lowest BCUT2D eigenvalue weighted by atomic mass is 10.1. The van der Waals surface area contributed by atoms with Crippen LogP contribution in [0, 0.1) is 0 Å². The maximum atomic E-state index is 12.6. The molecule has 1 heterocycles. The fourth-order valence-electron chi connectivity index (χ4n) is 1.55. The van der Waals surface area contributed by atoms with Gasteiger partial charge in [0.2, 0.25) is 0 Å². The summed E-state index contributed by atoms with van der Waals surface area (Å²) in [5, 5.41) is 3.97. The molecule has 0 saturated carbocycles. The Hall–Kier alpha value is -1.42. The van der Waals surface area contributed by atoms with E-state index in [1.165, 1.54) is 6.07 Å². The Kier molecular flexibility index (Phi) is 2.92. The average molecular weight is 243 g/mol. The van der Waals surface area contributed by atoms with Crippen molar-refractivity contribution in [1.29, 1.82) is 0 Å². The van der Waals surface area contributed by atoms with Crippen LogP contribution in [0.4, 0.5) is 14.5 Å². The smallest absolute Gasteiger partial charge is 0.280 e. The largest absolute Gasteiger partial charge is 0.388 e. The number of nitrogens with one attached hydrogen (secondary N) is 1. The topological polar surface area (TPSA) is 24.9 Å². The van der Waals surface area contributed by atoms with Crippen LogP contribution in [0.25, 0.3) is 10.9 Å². The maximum absolute atomic E-state index is 12.6. The number of rotatable bonds is 2. The SMILES string of the molecule is CNc1cc(C(F)F)nc2c(Cl)cccc12. The van der Waals surface area contributed by atoms with E-state index in [0.29, 0.717) is 16.2 Å². The molecule has 0 spiro atoms. The summed E-state index contributed by atoms with van der Waals surface area (Å²) in [6.45, 7) is 0. The van der Waals surface area contributed by atoms with Crippen LogP contribution in [0.5, 0.6) is 0 Å². The quantitative estimate of drug-likeness (QED) is 0.865. The molecule has 0 atom stereocenters. The van der Waals surface area contributed by atoms with Crippen LogP contribution in [-0.2, 0) is 0 Å². The van der Waals surface area contributed by atoms with E-state index in [0.717, 1.165) is 5.39 Å². The van der Waals surface area contributed by atoms with Crippen molar-refractivity contribution in [3.05, 3.63) is 35.0 Å². The lowest BCUT2D eigenvalue weighted by Crippen LogP contribution is -1.97. The molecule has 0 radical (unpaired) electrons. The zero-order valence-corrected chi connectivity index (χ0v) is 9.22. The van der Waals surface area contributed by atoms with Gasteiger partial charge in [0.25, 0.3) is 6.43 Å². The molecule has 0 amide bonds. The Bertz CT molecular complexity index is 529. The minimum atomic E-state index is -2.60. The van der Waals surface area contributed by atoms with E-state index in [1.54, 1.807) is 25.2 Å². The van der Waals surface area contributed by atoms with Crippen molar-refractivity contribution in [1.82, 2.24) is 4.98 Å². The summed E-state index contributed by atoms with van der Waals surface area (Å²) in [7, 11) is 1.67. The Morgan fingerprint density at radius 2 is 2.12 bits per heavy atom. The number of benzene rings is 1. The number of hydrogen-bond acceptors (Lipinski definition) is 2. The first-order valence-electron chi connectivity index (χ1n) is 4.68. The van der Waals surface area contributed by atoms with E-state index in [4.69, 9.17) is 11.6 Å². The van der Waals surface area contributed by atoms with Gasteiger partial charge in [-0.25, -0.2) is 13.8 Å². The van der Waals surface area contributed by atoms with Crippen molar-refractivity contribution in [2.45, 2.75) is 6.43 Å². The second-order valence-corrected chi connectivity index (χ2v) is 3.69. The van der Waals surface area contributed by atoms with Crippen molar-refractivity contribution < 1.29 is 8.78 Å². The molecular weight excluding hydrogens is 234 g/mol. The normalized spacial score (nSPS) is 11.1. The van der Waals surface area contributed by atoms with Crippen molar-refractivity contribution in [3.8, 4) is 0 Å². The summed E-state index contributed by atoms with van der Waals surface area (Å²) in [4.78, 5) is 3.86. The summed E-state index contributed by atoms with van der Waals surface area (Å²) < 4.78 is 25.2. The van der Waals surface area contributed by atoms with Gasteiger partial charge in [0.1, 0.15) is 5.69 Å². The third-order valence-corrected chi connectivity index (χ3v) is 2.61. The first-order chi connectivity index (χ1) is 7.63. The molecule has 2 rings (SSSR count). The van der Waals surface area contributed by atoms with Gasteiger partial charge in [0.15, 0.2) is 0 Å². The molecule has 0 aliphatic heterocycles. The van der Waals surface area contributed by atoms with Crippen LogP contribution in [-0.4, -0.2) is 12.0 Å². The number of fused-ring (bicyclic) bond motifs is 1. The fourth-order valence-corrected chi connectivity index (χ4v) is 1.77. The number of nitrogens with zero attached hydrogens (tertiary/aromatic N) is 1. The maximum Gasteiger partial charge on any atom is 0.280 e. The highest BCUT2D eigenvalue weighted by Gasteiger charge is 2.13. The van der Waals surface area contributed by atoms with Gasteiger partial charge in [-0.2, -0.15) is 0 Å². The second-order valence-electron chi connectivity index (χ2n) is 3.28. The van der Waals surface area contributed by atoms with Crippen molar-refractivity contribution in [3.63, 3.8) is 0 Å². The lowest BCUT2D eigenvalue weighted by molar-refractivity contribution is 0.146. The van der Waals surface area contributed by atoms with Crippen LogP contribution in [0.15, 0.2) is 24.3 Å². The number of para-hydroxylation sites is 1. The highest BCUT2D eigenvalue weighted by atomic mass is 35.5. The molecule has 1 aromatic carbocycles. The fraction of sp³-hybridized carbons (Fsp3) is 0.182. The Morgan fingerprint density at radius 3 is 2.75 bits per heavy atom. The zero-order chi connectivity index (χ0) is 11.7. The average Bonchev–Trinajstić information content (AvgIpc) is 2.28. The molecule has 2 nitrogen and oxygen atoms in total.